The Morgan fingerprint density at radius 3 is 2.58 bits per heavy atom. The van der Waals surface area contributed by atoms with Crippen LogP contribution in [0.3, 0.4) is 0 Å². The Bertz CT molecular complexity index is 283. The average molecular weight is 233 g/mol. The van der Waals surface area contributed by atoms with Crippen molar-refractivity contribution in [2.24, 2.45) is 7.05 Å². The molecule has 0 fully saturated rings. The summed E-state index contributed by atoms with van der Waals surface area (Å²) in [4.78, 5) is 0. The lowest BCUT2D eigenvalue weighted by molar-refractivity contribution is 0.167. The van der Waals surface area contributed by atoms with Crippen LogP contribution < -0.4 is 0 Å². The fraction of sp³-hybridized carbons (Fsp3) is 0.625. The molecule has 4 heteroatoms. The van der Waals surface area contributed by atoms with Gasteiger partial charge in [0.1, 0.15) is 5.69 Å². The monoisotopic (exact) mass is 232 g/mol. The topological polar surface area (TPSA) is 38.1 Å². The van der Waals surface area contributed by atoms with Crippen LogP contribution in [0.4, 0.5) is 0 Å². The molecular weight excluding hydrogens is 220 g/mol. The molecule has 0 spiro atoms. The van der Waals surface area contributed by atoms with E-state index in [1.165, 1.54) is 0 Å². The van der Waals surface area contributed by atoms with E-state index in [2.05, 4.69) is 21.0 Å². The molecule has 0 bridgehead atoms. The second-order valence-corrected chi connectivity index (χ2v) is 3.63. The van der Waals surface area contributed by atoms with Crippen molar-refractivity contribution in [3.63, 3.8) is 0 Å². The molecular formula is C8H13BrN2O. The van der Waals surface area contributed by atoms with Crippen molar-refractivity contribution in [3.8, 4) is 0 Å². The van der Waals surface area contributed by atoms with Gasteiger partial charge in [0.25, 0.3) is 0 Å². The van der Waals surface area contributed by atoms with E-state index >= 15 is 0 Å². The Labute approximate surface area is 80.5 Å². The maximum Gasteiger partial charge on any atom is 0.105 e. The number of aryl methyl sites for hydroxylation is 1. The molecule has 3 nitrogen and oxygen atoms in total. The summed E-state index contributed by atoms with van der Waals surface area (Å²) < 4.78 is 2.68. The zero-order valence-corrected chi connectivity index (χ0v) is 9.09. The molecule has 0 aromatic carbocycles. The van der Waals surface area contributed by atoms with Crippen LogP contribution in [-0.4, -0.2) is 14.9 Å². The van der Waals surface area contributed by atoms with Crippen LogP contribution in [-0.2, 0) is 7.05 Å². The molecule has 1 aromatic heterocycles. The van der Waals surface area contributed by atoms with Crippen LogP contribution in [0.15, 0.2) is 4.47 Å². The van der Waals surface area contributed by atoms with Crippen molar-refractivity contribution in [1.82, 2.24) is 9.78 Å². The van der Waals surface area contributed by atoms with Gasteiger partial charge in [0.05, 0.1) is 10.6 Å². The molecule has 1 rings (SSSR count). The lowest BCUT2D eigenvalue weighted by atomic mass is 10.2. The van der Waals surface area contributed by atoms with Crippen LogP contribution in [0, 0.1) is 6.92 Å². The number of aromatic nitrogens is 2. The van der Waals surface area contributed by atoms with E-state index in [0.717, 1.165) is 15.9 Å². The lowest BCUT2D eigenvalue weighted by Crippen LogP contribution is -1.98. The minimum absolute atomic E-state index is 0.459. The van der Waals surface area contributed by atoms with Gasteiger partial charge in [-0.15, -0.1) is 0 Å². The van der Waals surface area contributed by atoms with Crippen LogP contribution in [0.1, 0.15) is 30.8 Å². The van der Waals surface area contributed by atoms with E-state index in [-0.39, 0.29) is 0 Å². The number of aliphatic hydroxyl groups is 1. The average Bonchev–Trinajstić information content (AvgIpc) is 2.32. The lowest BCUT2D eigenvalue weighted by Gasteiger charge is -2.02. The summed E-state index contributed by atoms with van der Waals surface area (Å²) in [6.07, 6.45) is 0.231. The first-order valence-electron chi connectivity index (χ1n) is 3.95. The Morgan fingerprint density at radius 2 is 2.25 bits per heavy atom. The molecule has 12 heavy (non-hydrogen) atoms. The van der Waals surface area contributed by atoms with Crippen LogP contribution in [0.2, 0.25) is 0 Å². The van der Waals surface area contributed by atoms with Crippen molar-refractivity contribution >= 4 is 15.9 Å². The molecule has 1 heterocycles. The molecule has 1 N–H and O–H groups in total. The first-order chi connectivity index (χ1) is 5.57. The number of rotatable bonds is 2. The smallest absolute Gasteiger partial charge is 0.105 e. The van der Waals surface area contributed by atoms with Gasteiger partial charge in [0.2, 0.25) is 0 Å². The van der Waals surface area contributed by atoms with Gasteiger partial charge in [-0.2, -0.15) is 5.10 Å². The Morgan fingerprint density at radius 1 is 1.67 bits per heavy atom. The number of halogens is 1. The Hall–Kier alpha value is -0.350. The number of nitrogens with zero attached hydrogens (tertiary/aromatic N) is 2. The van der Waals surface area contributed by atoms with E-state index in [1.807, 2.05) is 20.9 Å². The van der Waals surface area contributed by atoms with E-state index < -0.39 is 6.10 Å². The number of hydrogen-bond donors (Lipinski definition) is 1. The summed E-state index contributed by atoms with van der Waals surface area (Å²) in [5.74, 6) is 0. The van der Waals surface area contributed by atoms with Gasteiger partial charge in [-0.05, 0) is 29.3 Å². The van der Waals surface area contributed by atoms with Gasteiger partial charge in [-0.25, -0.2) is 0 Å². The van der Waals surface area contributed by atoms with E-state index in [9.17, 15) is 5.11 Å². The minimum Gasteiger partial charge on any atom is -0.387 e. The van der Waals surface area contributed by atoms with Crippen molar-refractivity contribution in [1.29, 1.82) is 0 Å². The fourth-order valence-corrected chi connectivity index (χ4v) is 1.61. The largest absolute Gasteiger partial charge is 0.387 e. The van der Waals surface area contributed by atoms with E-state index in [4.69, 9.17) is 0 Å². The minimum atomic E-state index is -0.459. The van der Waals surface area contributed by atoms with Gasteiger partial charge in [-0.3, -0.25) is 4.68 Å². The van der Waals surface area contributed by atoms with Gasteiger partial charge < -0.3 is 5.11 Å². The van der Waals surface area contributed by atoms with E-state index in [0.29, 0.717) is 6.42 Å². The summed E-state index contributed by atoms with van der Waals surface area (Å²) in [5, 5.41) is 13.7. The van der Waals surface area contributed by atoms with Crippen molar-refractivity contribution < 1.29 is 5.11 Å². The van der Waals surface area contributed by atoms with Crippen molar-refractivity contribution in [3.05, 3.63) is 15.9 Å². The van der Waals surface area contributed by atoms with Gasteiger partial charge >= 0.3 is 0 Å². The predicted octanol–water partition coefficient (Wildman–Crippen LogP) is 1.93. The molecule has 1 atom stereocenters. The normalized spacial score (nSPS) is 13.4. The highest BCUT2D eigenvalue weighted by Gasteiger charge is 2.16. The SMILES string of the molecule is CCC(O)c1nn(C)c(C)c1Br. The zero-order valence-electron chi connectivity index (χ0n) is 7.50. The highest BCUT2D eigenvalue weighted by Crippen LogP contribution is 2.26. The molecule has 0 saturated carbocycles. The Kier molecular flexibility index (Phi) is 2.90. The second kappa shape index (κ2) is 3.58. The maximum atomic E-state index is 9.54. The third-order valence-corrected chi connectivity index (χ3v) is 2.97. The number of aliphatic hydroxyl groups excluding tert-OH is 1. The molecule has 1 aromatic rings. The summed E-state index contributed by atoms with van der Waals surface area (Å²) in [6, 6.07) is 0. The second-order valence-electron chi connectivity index (χ2n) is 2.83. The first kappa shape index (κ1) is 9.74. The highest BCUT2D eigenvalue weighted by molar-refractivity contribution is 9.10. The van der Waals surface area contributed by atoms with Crippen molar-refractivity contribution in [2.45, 2.75) is 26.4 Å². The summed E-state index contributed by atoms with van der Waals surface area (Å²) in [5.41, 5.74) is 1.77. The summed E-state index contributed by atoms with van der Waals surface area (Å²) in [6.45, 7) is 3.89. The standard InChI is InChI=1S/C8H13BrN2O/c1-4-6(12)8-7(9)5(2)11(3)10-8/h6,12H,4H2,1-3H3. The van der Waals surface area contributed by atoms with E-state index in [1.54, 1.807) is 4.68 Å². The predicted molar refractivity (Wildman–Crippen MR) is 50.9 cm³/mol. The number of hydrogen-bond acceptors (Lipinski definition) is 2. The first-order valence-corrected chi connectivity index (χ1v) is 4.74. The molecule has 0 aliphatic carbocycles. The quantitative estimate of drug-likeness (QED) is 0.847. The van der Waals surface area contributed by atoms with Gasteiger partial charge in [-0.1, -0.05) is 6.92 Å². The third-order valence-electron chi connectivity index (χ3n) is 1.99. The van der Waals surface area contributed by atoms with Crippen LogP contribution >= 0.6 is 15.9 Å². The molecule has 68 valence electrons. The van der Waals surface area contributed by atoms with Gasteiger partial charge in [0.15, 0.2) is 0 Å². The Balaban J connectivity index is 3.08. The molecule has 0 radical (unpaired) electrons. The van der Waals surface area contributed by atoms with Crippen molar-refractivity contribution in [2.75, 3.05) is 0 Å². The molecule has 0 aliphatic heterocycles. The van der Waals surface area contributed by atoms with Gasteiger partial charge in [0, 0.05) is 12.7 Å². The van der Waals surface area contributed by atoms with Crippen LogP contribution in [0.5, 0.6) is 0 Å². The highest BCUT2D eigenvalue weighted by atomic mass is 79.9. The molecule has 0 amide bonds. The zero-order chi connectivity index (χ0) is 9.30. The third kappa shape index (κ3) is 1.54. The maximum absolute atomic E-state index is 9.54. The summed E-state index contributed by atoms with van der Waals surface area (Å²) in [7, 11) is 1.87. The summed E-state index contributed by atoms with van der Waals surface area (Å²) >= 11 is 3.40. The molecule has 0 aliphatic rings. The molecule has 1 unspecified atom stereocenters. The van der Waals surface area contributed by atoms with Crippen LogP contribution in [0.25, 0.3) is 0 Å². The fourth-order valence-electron chi connectivity index (χ4n) is 1.01. The molecule has 0 saturated heterocycles.